The maximum atomic E-state index is 13.1. The van der Waals surface area contributed by atoms with Crippen LogP contribution in [0.5, 0.6) is 5.75 Å². The summed E-state index contributed by atoms with van der Waals surface area (Å²) < 4.78 is 42.6. The summed E-state index contributed by atoms with van der Waals surface area (Å²) in [7, 11) is -3.40. The van der Waals surface area contributed by atoms with Gasteiger partial charge >= 0.3 is 0 Å². The number of hydrogen-bond acceptors (Lipinski definition) is 3. The number of sulfone groups is 1. The lowest BCUT2D eigenvalue weighted by molar-refractivity contribution is 0.173. The van der Waals surface area contributed by atoms with Gasteiger partial charge in [0, 0.05) is 6.42 Å². The molecule has 0 radical (unpaired) electrons. The Kier molecular flexibility index (Phi) is 1.87. The molecule has 1 fully saturated rings. The molecule has 1 aromatic carbocycles. The minimum absolute atomic E-state index is 0.00345. The van der Waals surface area contributed by atoms with Crippen molar-refractivity contribution in [2.24, 2.45) is 0 Å². The molecule has 3 nitrogen and oxygen atoms in total. The van der Waals surface area contributed by atoms with Gasteiger partial charge in [0.1, 0.15) is 22.1 Å². The molecule has 1 aromatic rings. The lowest BCUT2D eigenvalue weighted by Gasteiger charge is -2.14. The maximum Gasteiger partial charge on any atom is 0.182 e. The predicted molar refractivity (Wildman–Crippen MR) is 55.7 cm³/mol. The van der Waals surface area contributed by atoms with Crippen LogP contribution in [0.15, 0.2) is 23.1 Å². The molecule has 0 N–H and O–H groups in total. The van der Waals surface area contributed by atoms with E-state index in [2.05, 4.69) is 0 Å². The van der Waals surface area contributed by atoms with E-state index in [1.165, 1.54) is 12.1 Å². The van der Waals surface area contributed by atoms with E-state index in [0.717, 1.165) is 18.9 Å². The zero-order valence-corrected chi connectivity index (χ0v) is 9.39. The molecular formula is C11H11FO3S. The highest BCUT2D eigenvalue weighted by atomic mass is 32.2. The third-order valence-electron chi connectivity index (χ3n) is 3.20. The van der Waals surface area contributed by atoms with Crippen LogP contribution >= 0.6 is 0 Å². The first-order valence-electron chi connectivity index (χ1n) is 5.22. The minimum Gasteiger partial charge on any atom is -0.486 e. The van der Waals surface area contributed by atoms with Crippen LogP contribution in [0, 0.1) is 5.82 Å². The fraction of sp³-hybridized carbons (Fsp3) is 0.455. The van der Waals surface area contributed by atoms with Crippen molar-refractivity contribution in [2.75, 3.05) is 5.75 Å². The minimum atomic E-state index is -3.40. The summed E-state index contributed by atoms with van der Waals surface area (Å²) in [5.74, 6) is -0.197. The second-order valence-electron chi connectivity index (χ2n) is 4.45. The summed E-state index contributed by atoms with van der Waals surface area (Å²) in [4.78, 5) is -0.00345. The Morgan fingerprint density at radius 3 is 2.69 bits per heavy atom. The van der Waals surface area contributed by atoms with E-state index in [9.17, 15) is 12.8 Å². The SMILES string of the molecule is O=S1(=O)CCC2(CC2)Oc2ccc(F)cc21. The highest BCUT2D eigenvalue weighted by Gasteiger charge is 2.48. The summed E-state index contributed by atoms with van der Waals surface area (Å²) in [6.07, 6.45) is 2.28. The topological polar surface area (TPSA) is 43.4 Å². The highest BCUT2D eigenvalue weighted by molar-refractivity contribution is 7.91. The van der Waals surface area contributed by atoms with E-state index in [1.54, 1.807) is 0 Å². The quantitative estimate of drug-likeness (QED) is 0.698. The number of rotatable bonds is 0. The summed E-state index contributed by atoms with van der Waals surface area (Å²) in [6, 6.07) is 3.69. The van der Waals surface area contributed by atoms with E-state index in [4.69, 9.17) is 4.74 Å². The van der Waals surface area contributed by atoms with E-state index in [-0.39, 0.29) is 16.2 Å². The molecule has 1 aliphatic heterocycles. The first-order valence-corrected chi connectivity index (χ1v) is 6.87. The van der Waals surface area contributed by atoms with Gasteiger partial charge in [-0.15, -0.1) is 0 Å². The normalized spacial score (nSPS) is 24.3. The van der Waals surface area contributed by atoms with Crippen LogP contribution in [0.3, 0.4) is 0 Å². The van der Waals surface area contributed by atoms with Crippen LogP contribution in [-0.4, -0.2) is 19.8 Å². The molecule has 0 unspecified atom stereocenters. The summed E-state index contributed by atoms with van der Waals surface area (Å²) in [5.41, 5.74) is -0.295. The first-order chi connectivity index (χ1) is 7.51. The van der Waals surface area contributed by atoms with E-state index >= 15 is 0 Å². The third-order valence-corrected chi connectivity index (χ3v) is 4.93. The monoisotopic (exact) mass is 242 g/mol. The molecule has 1 spiro atoms. The van der Waals surface area contributed by atoms with Crippen molar-refractivity contribution in [3.8, 4) is 5.75 Å². The maximum absolute atomic E-state index is 13.1. The van der Waals surface area contributed by atoms with Crippen LogP contribution in [0.4, 0.5) is 4.39 Å². The van der Waals surface area contributed by atoms with Crippen LogP contribution in [0.2, 0.25) is 0 Å². The Bertz CT molecular complexity index is 546. The summed E-state index contributed by atoms with van der Waals surface area (Å²) >= 11 is 0. The zero-order valence-electron chi connectivity index (χ0n) is 8.57. The highest BCUT2D eigenvalue weighted by Crippen LogP contribution is 2.47. The zero-order chi connectivity index (χ0) is 11.4. The third kappa shape index (κ3) is 1.50. The summed E-state index contributed by atoms with van der Waals surface area (Å²) in [5, 5.41) is 0. The van der Waals surface area contributed by atoms with Gasteiger partial charge in [-0.05, 0) is 31.0 Å². The standard InChI is InChI=1S/C11H11FO3S/c12-8-1-2-9-10(7-8)16(13,14)6-5-11(15-9)3-4-11/h1-2,7H,3-6H2. The smallest absolute Gasteiger partial charge is 0.182 e. The van der Waals surface area contributed by atoms with Crippen LogP contribution in [-0.2, 0) is 9.84 Å². The molecule has 0 amide bonds. The molecule has 1 heterocycles. The number of fused-ring (bicyclic) bond motifs is 1. The summed E-state index contributed by atoms with van der Waals surface area (Å²) in [6.45, 7) is 0. The van der Waals surface area contributed by atoms with Gasteiger partial charge in [-0.2, -0.15) is 0 Å². The van der Waals surface area contributed by atoms with Crippen LogP contribution in [0.25, 0.3) is 0 Å². The molecule has 3 rings (SSSR count). The van der Waals surface area contributed by atoms with Crippen molar-refractivity contribution >= 4 is 9.84 Å². The first kappa shape index (κ1) is 10.1. The number of ether oxygens (including phenoxy) is 1. The van der Waals surface area contributed by atoms with Crippen molar-refractivity contribution in [1.82, 2.24) is 0 Å². The Morgan fingerprint density at radius 1 is 1.25 bits per heavy atom. The van der Waals surface area contributed by atoms with Crippen molar-refractivity contribution in [1.29, 1.82) is 0 Å². The van der Waals surface area contributed by atoms with Gasteiger partial charge in [-0.1, -0.05) is 0 Å². The number of halogens is 1. The predicted octanol–water partition coefficient (Wildman–Crippen LogP) is 1.91. The molecule has 16 heavy (non-hydrogen) atoms. The van der Waals surface area contributed by atoms with Gasteiger partial charge in [0.15, 0.2) is 9.84 Å². The van der Waals surface area contributed by atoms with Gasteiger partial charge in [0.2, 0.25) is 0 Å². The number of benzene rings is 1. The Morgan fingerprint density at radius 2 is 2.00 bits per heavy atom. The molecule has 0 aromatic heterocycles. The molecular weight excluding hydrogens is 231 g/mol. The second kappa shape index (κ2) is 2.97. The molecule has 86 valence electrons. The van der Waals surface area contributed by atoms with Gasteiger partial charge in [0.05, 0.1) is 5.75 Å². The molecule has 1 aliphatic carbocycles. The molecule has 5 heteroatoms. The van der Waals surface area contributed by atoms with E-state index in [0.29, 0.717) is 12.2 Å². The van der Waals surface area contributed by atoms with Crippen molar-refractivity contribution in [3.05, 3.63) is 24.0 Å². The van der Waals surface area contributed by atoms with Gasteiger partial charge < -0.3 is 4.74 Å². The van der Waals surface area contributed by atoms with Crippen LogP contribution in [0.1, 0.15) is 19.3 Å². The van der Waals surface area contributed by atoms with Gasteiger partial charge in [-0.25, -0.2) is 12.8 Å². The van der Waals surface area contributed by atoms with Crippen LogP contribution < -0.4 is 4.74 Å². The number of hydrogen-bond donors (Lipinski definition) is 0. The Hall–Kier alpha value is -1.10. The average Bonchev–Trinajstić information content (AvgIpc) is 2.99. The fourth-order valence-electron chi connectivity index (χ4n) is 2.02. The van der Waals surface area contributed by atoms with Crippen molar-refractivity contribution in [3.63, 3.8) is 0 Å². The Balaban J connectivity index is 2.18. The van der Waals surface area contributed by atoms with E-state index in [1.807, 2.05) is 0 Å². The van der Waals surface area contributed by atoms with E-state index < -0.39 is 15.7 Å². The molecule has 2 aliphatic rings. The van der Waals surface area contributed by atoms with Crippen molar-refractivity contribution in [2.45, 2.75) is 29.8 Å². The second-order valence-corrected chi connectivity index (χ2v) is 6.52. The average molecular weight is 242 g/mol. The Labute approximate surface area is 93.1 Å². The molecule has 1 saturated carbocycles. The molecule has 0 saturated heterocycles. The lowest BCUT2D eigenvalue weighted by Crippen LogP contribution is -2.18. The molecule has 0 atom stereocenters. The van der Waals surface area contributed by atoms with Gasteiger partial charge in [0.25, 0.3) is 0 Å². The van der Waals surface area contributed by atoms with Crippen molar-refractivity contribution < 1.29 is 17.5 Å². The lowest BCUT2D eigenvalue weighted by atomic mass is 10.2. The van der Waals surface area contributed by atoms with Gasteiger partial charge in [-0.3, -0.25) is 0 Å². The largest absolute Gasteiger partial charge is 0.486 e. The molecule has 0 bridgehead atoms. The fourth-order valence-corrected chi connectivity index (χ4v) is 3.58.